The molecule has 0 radical (unpaired) electrons. The second kappa shape index (κ2) is 5.50. The number of fused-ring (bicyclic) bond motifs is 3. The van der Waals surface area contributed by atoms with E-state index in [2.05, 4.69) is 11.0 Å². The standard InChI is InChI=1S/C17H14N4O3S/c1-20-7-6-9-12(20)3-2-10-15(11(8-18)17(19)24-16(9)10)13-4-5-14(25-13)21(22)23/h2-5,15H,6-7,19H2,1H3. The number of anilines is 1. The third-order valence-corrected chi connectivity index (χ3v) is 5.75. The van der Waals surface area contributed by atoms with Gasteiger partial charge in [-0.25, -0.2) is 0 Å². The van der Waals surface area contributed by atoms with Gasteiger partial charge in [0.25, 0.3) is 0 Å². The van der Waals surface area contributed by atoms with E-state index in [1.54, 1.807) is 6.07 Å². The summed E-state index contributed by atoms with van der Waals surface area (Å²) in [6.45, 7) is 0.888. The lowest BCUT2D eigenvalue weighted by Crippen LogP contribution is -2.21. The van der Waals surface area contributed by atoms with Gasteiger partial charge in [0.15, 0.2) is 0 Å². The Morgan fingerprint density at radius 2 is 2.24 bits per heavy atom. The minimum Gasteiger partial charge on any atom is -0.440 e. The highest BCUT2D eigenvalue weighted by atomic mass is 32.1. The minimum atomic E-state index is -0.441. The molecule has 25 heavy (non-hydrogen) atoms. The van der Waals surface area contributed by atoms with Crippen molar-refractivity contribution in [2.75, 3.05) is 18.5 Å². The molecule has 1 aromatic heterocycles. The smallest absolute Gasteiger partial charge is 0.324 e. The molecule has 2 aromatic rings. The van der Waals surface area contributed by atoms with Crippen molar-refractivity contribution in [3.63, 3.8) is 0 Å². The van der Waals surface area contributed by atoms with Crippen LogP contribution in [0.3, 0.4) is 0 Å². The zero-order valence-corrected chi connectivity index (χ0v) is 14.2. The molecule has 0 bridgehead atoms. The molecule has 2 aliphatic rings. The fourth-order valence-electron chi connectivity index (χ4n) is 3.46. The van der Waals surface area contributed by atoms with E-state index in [4.69, 9.17) is 10.5 Å². The van der Waals surface area contributed by atoms with Gasteiger partial charge in [-0.05, 0) is 18.6 Å². The van der Waals surface area contributed by atoms with Gasteiger partial charge >= 0.3 is 5.00 Å². The molecule has 4 rings (SSSR count). The van der Waals surface area contributed by atoms with Gasteiger partial charge < -0.3 is 15.4 Å². The Balaban J connectivity index is 1.91. The Bertz CT molecular complexity index is 973. The summed E-state index contributed by atoms with van der Waals surface area (Å²) in [6, 6.07) is 9.20. The maximum atomic E-state index is 11.0. The number of hydrogen-bond donors (Lipinski definition) is 1. The number of nitrogens with two attached hydrogens (primary N) is 1. The van der Waals surface area contributed by atoms with Gasteiger partial charge in [0.2, 0.25) is 5.88 Å². The van der Waals surface area contributed by atoms with Gasteiger partial charge in [-0.3, -0.25) is 10.1 Å². The van der Waals surface area contributed by atoms with Crippen molar-refractivity contribution >= 4 is 22.0 Å². The summed E-state index contributed by atoms with van der Waals surface area (Å²) in [5.74, 6) is 0.307. The number of allylic oxidation sites excluding steroid dienone is 1. The lowest BCUT2D eigenvalue weighted by atomic mass is 9.86. The average Bonchev–Trinajstić information content (AvgIpc) is 3.21. The van der Waals surface area contributed by atoms with E-state index in [-0.39, 0.29) is 16.5 Å². The van der Waals surface area contributed by atoms with E-state index in [1.165, 1.54) is 6.07 Å². The Morgan fingerprint density at radius 3 is 2.92 bits per heavy atom. The minimum absolute atomic E-state index is 0.0415. The molecular weight excluding hydrogens is 340 g/mol. The molecule has 0 saturated carbocycles. The number of likely N-dealkylation sites (N-methyl/N-ethyl adjacent to an activating group) is 1. The molecule has 0 aliphatic carbocycles. The number of rotatable bonds is 2. The number of nitro groups is 1. The van der Waals surface area contributed by atoms with Crippen molar-refractivity contribution in [2.24, 2.45) is 5.73 Å². The summed E-state index contributed by atoms with van der Waals surface area (Å²) in [6.07, 6.45) is 0.835. The van der Waals surface area contributed by atoms with Crippen LogP contribution in [0.2, 0.25) is 0 Å². The van der Waals surface area contributed by atoms with Gasteiger partial charge in [0.1, 0.15) is 17.4 Å². The van der Waals surface area contributed by atoms with Crippen LogP contribution in [0.4, 0.5) is 10.7 Å². The number of nitriles is 1. The summed E-state index contributed by atoms with van der Waals surface area (Å²) in [5.41, 5.74) is 9.29. The van der Waals surface area contributed by atoms with Gasteiger partial charge in [0, 0.05) is 41.4 Å². The fraction of sp³-hybridized carbons (Fsp3) is 0.235. The van der Waals surface area contributed by atoms with Gasteiger partial charge in [0.05, 0.1) is 10.8 Å². The van der Waals surface area contributed by atoms with Gasteiger partial charge in [-0.15, -0.1) is 0 Å². The second-order valence-electron chi connectivity index (χ2n) is 6.01. The largest absolute Gasteiger partial charge is 0.440 e. The van der Waals surface area contributed by atoms with Crippen molar-refractivity contribution in [1.29, 1.82) is 5.26 Å². The molecule has 0 amide bonds. The van der Waals surface area contributed by atoms with Crippen LogP contribution in [0.25, 0.3) is 0 Å². The molecule has 8 heteroatoms. The molecule has 2 N–H and O–H groups in total. The fourth-order valence-corrected chi connectivity index (χ4v) is 4.41. The summed E-state index contributed by atoms with van der Waals surface area (Å²) in [4.78, 5) is 13.5. The van der Waals surface area contributed by atoms with Crippen LogP contribution < -0.4 is 15.4 Å². The number of ether oxygens (including phenoxy) is 1. The third-order valence-electron chi connectivity index (χ3n) is 4.65. The first-order chi connectivity index (χ1) is 12.0. The molecule has 0 spiro atoms. The van der Waals surface area contributed by atoms with Crippen molar-refractivity contribution in [3.05, 3.63) is 61.8 Å². The van der Waals surface area contributed by atoms with E-state index < -0.39 is 10.8 Å². The topological polar surface area (TPSA) is 105 Å². The lowest BCUT2D eigenvalue weighted by Gasteiger charge is -2.27. The summed E-state index contributed by atoms with van der Waals surface area (Å²) in [7, 11) is 2.01. The van der Waals surface area contributed by atoms with Crippen molar-refractivity contribution in [2.45, 2.75) is 12.3 Å². The first kappa shape index (κ1) is 15.5. The Labute approximate surface area is 147 Å². The second-order valence-corrected chi connectivity index (χ2v) is 7.10. The van der Waals surface area contributed by atoms with Crippen LogP contribution in [0, 0.1) is 21.4 Å². The molecule has 0 saturated heterocycles. The van der Waals surface area contributed by atoms with Gasteiger partial charge in [-0.1, -0.05) is 17.4 Å². The molecule has 7 nitrogen and oxygen atoms in total. The van der Waals surface area contributed by atoms with Crippen LogP contribution in [0.15, 0.2) is 35.7 Å². The Kier molecular flexibility index (Phi) is 3.40. The van der Waals surface area contributed by atoms with Crippen LogP contribution in [0.5, 0.6) is 5.75 Å². The lowest BCUT2D eigenvalue weighted by molar-refractivity contribution is -0.380. The van der Waals surface area contributed by atoms with E-state index in [0.717, 1.165) is 41.1 Å². The number of nitrogens with zero attached hydrogens (tertiary/aromatic N) is 3. The SMILES string of the molecule is CN1CCc2c1ccc1c2OC(N)=C(C#N)C1c1ccc([N+](=O)[O-])s1. The van der Waals surface area contributed by atoms with E-state index >= 15 is 0 Å². The van der Waals surface area contributed by atoms with Gasteiger partial charge in [-0.2, -0.15) is 5.26 Å². The Hall–Kier alpha value is -3.05. The molecular formula is C17H14N4O3S. The normalized spacial score (nSPS) is 18.4. The monoisotopic (exact) mass is 354 g/mol. The van der Waals surface area contributed by atoms with E-state index in [9.17, 15) is 15.4 Å². The zero-order chi connectivity index (χ0) is 17.7. The Morgan fingerprint density at radius 1 is 1.44 bits per heavy atom. The number of benzene rings is 1. The van der Waals surface area contributed by atoms with E-state index in [1.807, 2.05) is 19.2 Å². The predicted molar refractivity (Wildman–Crippen MR) is 93.7 cm³/mol. The molecule has 126 valence electrons. The zero-order valence-electron chi connectivity index (χ0n) is 13.4. The van der Waals surface area contributed by atoms with Crippen LogP contribution >= 0.6 is 11.3 Å². The van der Waals surface area contributed by atoms with Crippen LogP contribution in [-0.2, 0) is 6.42 Å². The van der Waals surface area contributed by atoms with Crippen LogP contribution in [-0.4, -0.2) is 18.5 Å². The number of thiophene rings is 1. The highest BCUT2D eigenvalue weighted by Gasteiger charge is 2.35. The summed E-state index contributed by atoms with van der Waals surface area (Å²) in [5, 5.41) is 20.6. The summed E-state index contributed by atoms with van der Waals surface area (Å²) >= 11 is 1.06. The van der Waals surface area contributed by atoms with E-state index in [0.29, 0.717) is 10.6 Å². The maximum absolute atomic E-state index is 11.0. The first-order valence-electron chi connectivity index (χ1n) is 7.70. The molecule has 3 heterocycles. The first-order valence-corrected chi connectivity index (χ1v) is 8.51. The highest BCUT2D eigenvalue weighted by molar-refractivity contribution is 7.15. The highest BCUT2D eigenvalue weighted by Crippen LogP contribution is 2.49. The third kappa shape index (κ3) is 2.24. The van der Waals surface area contributed by atoms with Crippen molar-refractivity contribution in [3.8, 4) is 11.8 Å². The van der Waals surface area contributed by atoms with Crippen molar-refractivity contribution in [1.82, 2.24) is 0 Å². The molecule has 0 fully saturated rings. The molecule has 1 atom stereocenters. The number of hydrogen-bond acceptors (Lipinski definition) is 7. The van der Waals surface area contributed by atoms with Crippen molar-refractivity contribution < 1.29 is 9.66 Å². The average molecular weight is 354 g/mol. The predicted octanol–water partition coefficient (Wildman–Crippen LogP) is 2.87. The van der Waals surface area contributed by atoms with Crippen LogP contribution in [0.1, 0.15) is 21.9 Å². The molecule has 1 aromatic carbocycles. The molecule has 1 unspecified atom stereocenters. The maximum Gasteiger partial charge on any atom is 0.324 e. The summed E-state index contributed by atoms with van der Waals surface area (Å²) < 4.78 is 5.81. The molecule has 2 aliphatic heterocycles. The quantitative estimate of drug-likeness (QED) is 0.657.